The van der Waals surface area contributed by atoms with Gasteiger partial charge in [-0.1, -0.05) is 35.1 Å². The van der Waals surface area contributed by atoms with Gasteiger partial charge in [-0.15, -0.1) is 0 Å². The fourth-order valence-corrected chi connectivity index (χ4v) is 1.66. The van der Waals surface area contributed by atoms with Crippen LogP contribution < -0.4 is 0 Å². The minimum Gasteiger partial charge on any atom is -0.346 e. The molecule has 2 saturated heterocycles. The van der Waals surface area contributed by atoms with Gasteiger partial charge in [0.25, 0.3) is 0 Å². The van der Waals surface area contributed by atoms with Crippen molar-refractivity contribution in [3.05, 3.63) is 0 Å². The minimum atomic E-state index is 0. The second kappa shape index (κ2) is 16.4. The standard InChI is InChI=1S/C5H9NO.C5H11N.2C2H6.CH4/c1-6-4-2-3-5(6)7;1-6-4-2-3-5-6;2*1-2;/h2-4H2,1H3;2-5H2,1H3;2*1-2H3;1H4. The van der Waals surface area contributed by atoms with E-state index in [1.54, 1.807) is 4.90 Å². The van der Waals surface area contributed by atoms with E-state index in [4.69, 9.17) is 0 Å². The topological polar surface area (TPSA) is 23.6 Å². The molecule has 0 aromatic rings. The quantitative estimate of drug-likeness (QED) is 0.664. The molecule has 0 aliphatic carbocycles. The summed E-state index contributed by atoms with van der Waals surface area (Å²) in [6.07, 6.45) is 4.64. The second-order valence-electron chi connectivity index (χ2n) is 3.93. The van der Waals surface area contributed by atoms with Gasteiger partial charge in [-0.2, -0.15) is 0 Å². The van der Waals surface area contributed by atoms with E-state index in [1.165, 1.54) is 25.9 Å². The van der Waals surface area contributed by atoms with Crippen molar-refractivity contribution in [2.45, 2.75) is 60.8 Å². The molecule has 2 rings (SSSR count). The van der Waals surface area contributed by atoms with Crippen LogP contribution in [0, 0.1) is 0 Å². The van der Waals surface area contributed by atoms with Crippen molar-refractivity contribution in [3.63, 3.8) is 0 Å². The van der Waals surface area contributed by atoms with E-state index in [0.717, 1.165) is 19.4 Å². The summed E-state index contributed by atoms with van der Waals surface area (Å²) in [6, 6.07) is 0. The molecule has 0 radical (unpaired) electrons. The van der Waals surface area contributed by atoms with E-state index < -0.39 is 0 Å². The van der Waals surface area contributed by atoms with Gasteiger partial charge >= 0.3 is 0 Å². The fourth-order valence-electron chi connectivity index (χ4n) is 1.66. The first-order valence-electron chi connectivity index (χ1n) is 7.12. The Morgan fingerprint density at radius 1 is 0.833 bits per heavy atom. The van der Waals surface area contributed by atoms with E-state index in [2.05, 4.69) is 11.9 Å². The van der Waals surface area contributed by atoms with Crippen molar-refractivity contribution in [1.82, 2.24) is 9.80 Å². The number of amides is 1. The Balaban J connectivity index is -0.000000189. The lowest BCUT2D eigenvalue weighted by molar-refractivity contribution is -0.126. The van der Waals surface area contributed by atoms with Gasteiger partial charge in [0.05, 0.1) is 0 Å². The molecule has 0 saturated carbocycles. The maximum Gasteiger partial charge on any atom is 0.222 e. The molecule has 0 aromatic heterocycles. The molecule has 3 nitrogen and oxygen atoms in total. The van der Waals surface area contributed by atoms with Crippen molar-refractivity contribution in [2.24, 2.45) is 0 Å². The van der Waals surface area contributed by atoms with Crippen LogP contribution in [0.15, 0.2) is 0 Å². The Bertz CT molecular complexity index is 166. The SMILES string of the molecule is C.CC.CC.CN1CCCC1.CN1CCCC1=O. The van der Waals surface area contributed by atoms with Crippen molar-refractivity contribution in [2.75, 3.05) is 33.7 Å². The average Bonchev–Trinajstić information content (AvgIpc) is 2.98. The van der Waals surface area contributed by atoms with E-state index in [9.17, 15) is 4.79 Å². The molecule has 0 spiro atoms. The van der Waals surface area contributed by atoms with Gasteiger partial charge in [-0.25, -0.2) is 0 Å². The smallest absolute Gasteiger partial charge is 0.222 e. The third-order valence-electron chi connectivity index (χ3n) is 2.64. The Kier molecular flexibility index (Phi) is 20.6. The number of nitrogens with zero attached hydrogens (tertiary/aromatic N) is 2. The molecule has 2 aliphatic rings. The lowest BCUT2D eigenvalue weighted by atomic mass is 10.4. The Morgan fingerprint density at radius 3 is 1.39 bits per heavy atom. The lowest BCUT2D eigenvalue weighted by Crippen LogP contribution is -2.17. The predicted molar refractivity (Wildman–Crippen MR) is 83.0 cm³/mol. The van der Waals surface area contributed by atoms with Gasteiger partial charge in [-0.05, 0) is 39.4 Å². The van der Waals surface area contributed by atoms with Crippen LogP contribution in [0.25, 0.3) is 0 Å². The summed E-state index contributed by atoms with van der Waals surface area (Å²) in [4.78, 5) is 14.6. The molecular weight excluding hydrogens is 224 g/mol. The van der Waals surface area contributed by atoms with Gasteiger partial charge in [0, 0.05) is 20.0 Å². The van der Waals surface area contributed by atoms with Gasteiger partial charge in [0.2, 0.25) is 5.91 Å². The summed E-state index contributed by atoms with van der Waals surface area (Å²) in [5, 5.41) is 0. The van der Waals surface area contributed by atoms with Crippen molar-refractivity contribution in [1.29, 1.82) is 0 Å². The summed E-state index contributed by atoms with van der Waals surface area (Å²) in [5.41, 5.74) is 0. The van der Waals surface area contributed by atoms with Crippen molar-refractivity contribution in [3.8, 4) is 0 Å². The van der Waals surface area contributed by atoms with Crippen LogP contribution in [0.2, 0.25) is 0 Å². The third kappa shape index (κ3) is 11.9. The van der Waals surface area contributed by atoms with Gasteiger partial charge in [0.1, 0.15) is 0 Å². The normalized spacial score (nSPS) is 17.4. The first-order valence-corrected chi connectivity index (χ1v) is 7.12. The number of carbonyl (C=O) groups is 1. The van der Waals surface area contributed by atoms with Crippen LogP contribution in [0.5, 0.6) is 0 Å². The number of hydrogen-bond acceptors (Lipinski definition) is 2. The Morgan fingerprint density at radius 2 is 1.28 bits per heavy atom. The largest absolute Gasteiger partial charge is 0.346 e. The molecule has 112 valence electrons. The zero-order valence-electron chi connectivity index (χ0n) is 12.8. The maximum absolute atomic E-state index is 10.5. The summed E-state index contributed by atoms with van der Waals surface area (Å²) >= 11 is 0. The van der Waals surface area contributed by atoms with Crippen LogP contribution in [-0.4, -0.2) is 49.4 Å². The highest BCUT2D eigenvalue weighted by atomic mass is 16.2. The average molecular weight is 260 g/mol. The van der Waals surface area contributed by atoms with Gasteiger partial charge in [0.15, 0.2) is 0 Å². The molecule has 0 unspecified atom stereocenters. The highest BCUT2D eigenvalue weighted by Crippen LogP contribution is 2.04. The van der Waals surface area contributed by atoms with E-state index in [-0.39, 0.29) is 7.43 Å². The van der Waals surface area contributed by atoms with Crippen LogP contribution in [-0.2, 0) is 4.79 Å². The summed E-state index contributed by atoms with van der Waals surface area (Å²) < 4.78 is 0. The molecule has 2 heterocycles. The van der Waals surface area contributed by atoms with Crippen molar-refractivity contribution >= 4 is 5.91 Å². The Labute approximate surface area is 116 Å². The predicted octanol–water partition coefficient (Wildman–Crippen LogP) is 3.64. The van der Waals surface area contributed by atoms with Crippen molar-refractivity contribution < 1.29 is 4.79 Å². The van der Waals surface area contributed by atoms with Crippen LogP contribution in [0.4, 0.5) is 0 Å². The van der Waals surface area contributed by atoms with E-state index in [1.807, 2.05) is 34.7 Å². The zero-order chi connectivity index (χ0) is 13.7. The summed E-state index contributed by atoms with van der Waals surface area (Å²) in [5.74, 6) is 0.292. The summed E-state index contributed by atoms with van der Waals surface area (Å²) in [7, 11) is 4.02. The first-order chi connectivity index (χ1) is 8.20. The zero-order valence-corrected chi connectivity index (χ0v) is 12.8. The number of rotatable bonds is 0. The first kappa shape index (κ1) is 22.6. The van der Waals surface area contributed by atoms with Crippen LogP contribution >= 0.6 is 0 Å². The second-order valence-corrected chi connectivity index (χ2v) is 3.93. The number of likely N-dealkylation sites (tertiary alicyclic amines) is 2. The number of carbonyl (C=O) groups excluding carboxylic acids is 1. The lowest BCUT2D eigenvalue weighted by Gasteiger charge is -2.03. The molecule has 1 amide bonds. The monoisotopic (exact) mass is 260 g/mol. The molecule has 2 fully saturated rings. The van der Waals surface area contributed by atoms with Crippen LogP contribution in [0.1, 0.15) is 60.8 Å². The molecule has 0 atom stereocenters. The third-order valence-corrected chi connectivity index (χ3v) is 2.64. The van der Waals surface area contributed by atoms with Gasteiger partial charge in [-0.3, -0.25) is 4.79 Å². The van der Waals surface area contributed by atoms with Crippen LogP contribution in [0.3, 0.4) is 0 Å². The molecule has 18 heavy (non-hydrogen) atoms. The molecule has 0 bridgehead atoms. The number of hydrogen-bond donors (Lipinski definition) is 0. The molecule has 2 aliphatic heterocycles. The highest BCUT2D eigenvalue weighted by molar-refractivity contribution is 5.77. The highest BCUT2D eigenvalue weighted by Gasteiger charge is 2.14. The van der Waals surface area contributed by atoms with E-state index >= 15 is 0 Å². The van der Waals surface area contributed by atoms with Gasteiger partial charge < -0.3 is 9.80 Å². The maximum atomic E-state index is 10.5. The Hall–Kier alpha value is -0.570. The molecule has 0 N–H and O–H groups in total. The fraction of sp³-hybridized carbons (Fsp3) is 0.933. The summed E-state index contributed by atoms with van der Waals surface area (Å²) in [6.45, 7) is 11.6. The van der Waals surface area contributed by atoms with E-state index in [0.29, 0.717) is 5.91 Å². The molecule has 3 heteroatoms. The molecular formula is C15H36N2O. The molecule has 0 aromatic carbocycles. The minimum absolute atomic E-state index is 0.